The molecular formula is C17H25N3O2S. The minimum atomic E-state index is -3.57. The first-order valence-corrected chi connectivity index (χ1v) is 9.62. The summed E-state index contributed by atoms with van der Waals surface area (Å²) in [7, 11) is -3.57. The van der Waals surface area contributed by atoms with Gasteiger partial charge < -0.3 is 5.73 Å². The van der Waals surface area contributed by atoms with Crippen molar-refractivity contribution in [3.05, 3.63) is 36.7 Å². The molecule has 2 rings (SSSR count). The number of nitrogens with two attached hydrogens (primary N) is 1. The number of hydrogen-bond acceptors (Lipinski definition) is 5. The Labute approximate surface area is 138 Å². The van der Waals surface area contributed by atoms with Gasteiger partial charge in [-0.05, 0) is 25.0 Å². The van der Waals surface area contributed by atoms with E-state index in [0.29, 0.717) is 10.3 Å². The van der Waals surface area contributed by atoms with E-state index in [1.54, 1.807) is 30.6 Å². The van der Waals surface area contributed by atoms with E-state index in [1.807, 2.05) is 6.07 Å². The first-order chi connectivity index (χ1) is 11.0. The molecule has 126 valence electrons. The van der Waals surface area contributed by atoms with E-state index in [1.165, 1.54) is 0 Å². The highest BCUT2D eigenvalue weighted by Crippen LogP contribution is 2.25. The van der Waals surface area contributed by atoms with Crippen molar-refractivity contribution in [2.45, 2.75) is 49.4 Å². The van der Waals surface area contributed by atoms with E-state index in [2.05, 4.69) is 24.1 Å². The highest BCUT2D eigenvalue weighted by atomic mass is 32.2. The second-order valence-electron chi connectivity index (χ2n) is 5.68. The summed E-state index contributed by atoms with van der Waals surface area (Å²) in [5.41, 5.74) is 5.79. The Morgan fingerprint density at radius 1 is 1.26 bits per heavy atom. The number of rotatable bonds is 8. The van der Waals surface area contributed by atoms with E-state index in [9.17, 15) is 8.42 Å². The molecular weight excluding hydrogens is 310 g/mol. The zero-order valence-electron chi connectivity index (χ0n) is 13.7. The van der Waals surface area contributed by atoms with E-state index in [-0.39, 0.29) is 12.6 Å². The summed E-state index contributed by atoms with van der Waals surface area (Å²) < 4.78 is 26.1. The third-order valence-electron chi connectivity index (χ3n) is 4.09. The van der Waals surface area contributed by atoms with Gasteiger partial charge in [-0.2, -0.15) is 0 Å². The highest BCUT2D eigenvalue weighted by molar-refractivity contribution is 7.92. The molecule has 2 atom stereocenters. The number of benzene rings is 1. The lowest BCUT2D eigenvalue weighted by atomic mass is 10.1. The van der Waals surface area contributed by atoms with Gasteiger partial charge in [0.1, 0.15) is 5.37 Å². The molecule has 0 spiro atoms. The number of pyridine rings is 1. The van der Waals surface area contributed by atoms with E-state index >= 15 is 0 Å². The molecule has 3 N–H and O–H groups in total. The van der Waals surface area contributed by atoms with Crippen LogP contribution in [-0.2, 0) is 9.84 Å². The molecule has 0 amide bonds. The van der Waals surface area contributed by atoms with Crippen LogP contribution in [0.1, 0.15) is 33.1 Å². The van der Waals surface area contributed by atoms with Gasteiger partial charge in [-0.3, -0.25) is 10.3 Å². The van der Waals surface area contributed by atoms with Gasteiger partial charge in [0.15, 0.2) is 9.84 Å². The van der Waals surface area contributed by atoms with Crippen LogP contribution in [0.25, 0.3) is 10.8 Å². The third kappa shape index (κ3) is 3.88. The van der Waals surface area contributed by atoms with Gasteiger partial charge in [-0.15, -0.1) is 0 Å². The molecule has 0 bridgehead atoms. The molecule has 1 aromatic carbocycles. The SMILES string of the molecule is CCCC(CC)NC(CN)S(=O)(=O)c1cccc2cnccc12. The predicted octanol–water partition coefficient (Wildman–Crippen LogP) is 2.46. The van der Waals surface area contributed by atoms with Crippen molar-refractivity contribution in [1.29, 1.82) is 0 Å². The molecule has 2 aromatic rings. The Morgan fingerprint density at radius 3 is 2.70 bits per heavy atom. The molecule has 0 saturated heterocycles. The van der Waals surface area contributed by atoms with Gasteiger partial charge in [-0.1, -0.05) is 32.4 Å². The number of nitrogens with zero attached hydrogens (tertiary/aromatic N) is 1. The summed E-state index contributed by atoms with van der Waals surface area (Å²) in [6.07, 6.45) is 6.09. The monoisotopic (exact) mass is 335 g/mol. The smallest absolute Gasteiger partial charge is 0.196 e. The molecule has 23 heavy (non-hydrogen) atoms. The summed E-state index contributed by atoms with van der Waals surface area (Å²) in [6.45, 7) is 4.19. The fourth-order valence-corrected chi connectivity index (χ4v) is 4.49. The Kier molecular flexibility index (Phi) is 6.10. The Bertz CT molecular complexity index is 741. The molecule has 0 aliphatic carbocycles. The second-order valence-corrected chi connectivity index (χ2v) is 7.78. The van der Waals surface area contributed by atoms with Gasteiger partial charge in [0.2, 0.25) is 0 Å². The molecule has 2 unspecified atom stereocenters. The average Bonchev–Trinajstić information content (AvgIpc) is 2.57. The number of sulfone groups is 1. The minimum absolute atomic E-state index is 0.0457. The number of fused-ring (bicyclic) bond motifs is 1. The van der Waals surface area contributed by atoms with Crippen molar-refractivity contribution in [2.75, 3.05) is 6.54 Å². The van der Waals surface area contributed by atoms with Crippen LogP contribution >= 0.6 is 0 Å². The van der Waals surface area contributed by atoms with Crippen LogP contribution in [0.2, 0.25) is 0 Å². The van der Waals surface area contributed by atoms with Crippen molar-refractivity contribution in [3.8, 4) is 0 Å². The summed E-state index contributed by atoms with van der Waals surface area (Å²) in [4.78, 5) is 4.36. The molecule has 0 aliphatic rings. The Morgan fingerprint density at radius 2 is 2.04 bits per heavy atom. The van der Waals surface area contributed by atoms with Gasteiger partial charge in [0.25, 0.3) is 0 Å². The second kappa shape index (κ2) is 7.86. The van der Waals surface area contributed by atoms with Crippen LogP contribution < -0.4 is 11.1 Å². The van der Waals surface area contributed by atoms with Crippen LogP contribution in [-0.4, -0.2) is 31.4 Å². The third-order valence-corrected chi connectivity index (χ3v) is 6.13. The number of hydrogen-bond donors (Lipinski definition) is 2. The molecule has 0 fully saturated rings. The zero-order valence-corrected chi connectivity index (χ0v) is 14.5. The maximum Gasteiger partial charge on any atom is 0.196 e. The summed E-state index contributed by atoms with van der Waals surface area (Å²) >= 11 is 0. The summed E-state index contributed by atoms with van der Waals surface area (Å²) in [5.74, 6) is 0. The number of nitrogens with one attached hydrogen (secondary N) is 1. The maximum absolute atomic E-state index is 13.1. The standard InChI is InChI=1S/C17H25N3O2S/c1-3-6-14(4-2)20-17(11-18)23(21,22)16-8-5-7-13-12-19-10-9-15(13)16/h5,7-10,12,14,17,20H,3-4,6,11,18H2,1-2H3. The number of aromatic nitrogens is 1. The van der Waals surface area contributed by atoms with E-state index in [4.69, 9.17) is 5.73 Å². The maximum atomic E-state index is 13.1. The van der Waals surface area contributed by atoms with Crippen LogP contribution in [0, 0.1) is 0 Å². The van der Waals surface area contributed by atoms with Crippen LogP contribution in [0.15, 0.2) is 41.6 Å². The Hall–Kier alpha value is -1.50. The van der Waals surface area contributed by atoms with Gasteiger partial charge in [0.05, 0.1) is 4.90 Å². The molecule has 1 aromatic heterocycles. The molecule has 0 radical (unpaired) electrons. The summed E-state index contributed by atoms with van der Waals surface area (Å²) in [5, 5.41) is 3.95. The molecule has 0 saturated carbocycles. The highest BCUT2D eigenvalue weighted by Gasteiger charge is 2.29. The average molecular weight is 335 g/mol. The molecule has 6 heteroatoms. The van der Waals surface area contributed by atoms with Crippen molar-refractivity contribution in [3.63, 3.8) is 0 Å². The fraction of sp³-hybridized carbons (Fsp3) is 0.471. The molecule has 5 nitrogen and oxygen atoms in total. The van der Waals surface area contributed by atoms with Gasteiger partial charge in [-0.25, -0.2) is 8.42 Å². The lowest BCUT2D eigenvalue weighted by Gasteiger charge is -2.24. The zero-order chi connectivity index (χ0) is 16.9. The van der Waals surface area contributed by atoms with Crippen LogP contribution in [0.5, 0.6) is 0 Å². The Balaban J connectivity index is 2.41. The van der Waals surface area contributed by atoms with Gasteiger partial charge >= 0.3 is 0 Å². The van der Waals surface area contributed by atoms with Crippen molar-refractivity contribution in [1.82, 2.24) is 10.3 Å². The normalized spacial score (nSPS) is 14.7. The quantitative estimate of drug-likeness (QED) is 0.774. The van der Waals surface area contributed by atoms with Crippen molar-refractivity contribution >= 4 is 20.6 Å². The molecule has 1 heterocycles. The first-order valence-electron chi connectivity index (χ1n) is 8.07. The topological polar surface area (TPSA) is 85.1 Å². The fourth-order valence-electron chi connectivity index (χ4n) is 2.80. The van der Waals surface area contributed by atoms with E-state index < -0.39 is 15.2 Å². The minimum Gasteiger partial charge on any atom is -0.328 e. The van der Waals surface area contributed by atoms with Gasteiger partial charge in [0, 0.05) is 35.8 Å². The summed E-state index contributed by atoms with van der Waals surface area (Å²) in [6, 6.07) is 7.13. The largest absolute Gasteiger partial charge is 0.328 e. The van der Waals surface area contributed by atoms with Crippen molar-refractivity contribution < 1.29 is 8.42 Å². The molecule has 0 aliphatic heterocycles. The predicted molar refractivity (Wildman–Crippen MR) is 93.9 cm³/mol. The van der Waals surface area contributed by atoms with Crippen LogP contribution in [0.3, 0.4) is 0 Å². The lowest BCUT2D eigenvalue weighted by Crippen LogP contribution is -2.47. The lowest BCUT2D eigenvalue weighted by molar-refractivity contribution is 0.439. The van der Waals surface area contributed by atoms with E-state index in [0.717, 1.165) is 24.6 Å². The first kappa shape index (κ1) is 17.8. The van der Waals surface area contributed by atoms with Crippen LogP contribution in [0.4, 0.5) is 0 Å². The van der Waals surface area contributed by atoms with Crippen molar-refractivity contribution in [2.24, 2.45) is 5.73 Å².